The van der Waals surface area contributed by atoms with Gasteiger partial charge in [-0.25, -0.2) is 17.8 Å². The Bertz CT molecular complexity index is 1690. The molecule has 0 saturated carbocycles. The second-order valence-electron chi connectivity index (χ2n) is 10.1. The van der Waals surface area contributed by atoms with Crippen molar-refractivity contribution in [2.45, 2.75) is 44.5 Å². The van der Waals surface area contributed by atoms with E-state index in [0.29, 0.717) is 31.9 Å². The molecule has 5 rings (SSSR count). The van der Waals surface area contributed by atoms with Crippen LogP contribution in [0.5, 0.6) is 0 Å². The summed E-state index contributed by atoms with van der Waals surface area (Å²) in [7, 11) is -4.13. The van der Waals surface area contributed by atoms with Crippen LogP contribution in [-0.2, 0) is 15.8 Å². The fraction of sp³-hybridized carbons (Fsp3) is 0.321. The lowest BCUT2D eigenvalue weighted by atomic mass is 10.0. The van der Waals surface area contributed by atoms with Gasteiger partial charge in [-0.3, -0.25) is 9.36 Å². The highest BCUT2D eigenvalue weighted by Gasteiger charge is 2.26. The van der Waals surface area contributed by atoms with Crippen molar-refractivity contribution in [2.75, 3.05) is 22.2 Å². The Balaban J connectivity index is 1.54. The molecular weight excluding hydrogens is 555 g/mol. The highest BCUT2D eigenvalue weighted by molar-refractivity contribution is 7.93. The molecule has 40 heavy (non-hydrogen) atoms. The molecule has 3 heterocycles. The molecule has 4 aromatic rings. The van der Waals surface area contributed by atoms with Crippen LogP contribution >= 0.6 is 11.8 Å². The minimum absolute atomic E-state index is 0.194. The van der Waals surface area contributed by atoms with E-state index in [1.807, 2.05) is 13.8 Å². The molecule has 2 aromatic heterocycles. The van der Waals surface area contributed by atoms with E-state index in [-0.39, 0.29) is 28.9 Å². The molecule has 0 aliphatic carbocycles. The third-order valence-electron chi connectivity index (χ3n) is 6.80. The molecule has 2 aromatic carbocycles. The second-order valence-corrected chi connectivity index (χ2v) is 12.5. The summed E-state index contributed by atoms with van der Waals surface area (Å²) in [5.74, 6) is -0.813. The fourth-order valence-corrected chi connectivity index (χ4v) is 6.28. The van der Waals surface area contributed by atoms with Crippen LogP contribution in [0.3, 0.4) is 0 Å². The number of rotatable bonds is 8. The molecule has 12 heteroatoms. The van der Waals surface area contributed by atoms with Crippen molar-refractivity contribution in [3.63, 3.8) is 0 Å². The standard InChI is InChI=1S/C28H30ClFN6O3S/c1-18(2)35-26-21(15-32-28(34-26)33-22-9-6-12-31-16-22)13-23(27(35)37)20-10-11-24(30)25(14-20)36(29)40(38,39)17-19-7-4-3-5-8-19/h3-5,7-8,10-11,13-15,18,22,31H,6,9,12,16-17H2,1-2H3,(H,32,33,34)/t22-/m0/s1. The number of benzene rings is 2. The van der Waals surface area contributed by atoms with Gasteiger partial charge >= 0.3 is 0 Å². The second kappa shape index (κ2) is 11.5. The Labute approximate surface area is 237 Å². The van der Waals surface area contributed by atoms with Crippen LogP contribution in [-0.4, -0.2) is 42.1 Å². The van der Waals surface area contributed by atoms with Gasteiger partial charge in [0.05, 0.1) is 5.75 Å². The van der Waals surface area contributed by atoms with Gasteiger partial charge in [0.25, 0.3) is 15.6 Å². The number of hydrogen-bond donors (Lipinski definition) is 2. The first kappa shape index (κ1) is 28.0. The molecular formula is C28H30ClFN6O3S. The molecule has 0 bridgehead atoms. The molecule has 1 aliphatic rings. The highest BCUT2D eigenvalue weighted by atomic mass is 35.5. The van der Waals surface area contributed by atoms with Crippen LogP contribution < -0.4 is 20.0 Å². The molecule has 9 nitrogen and oxygen atoms in total. The quantitative estimate of drug-likeness (QED) is 0.285. The van der Waals surface area contributed by atoms with Gasteiger partial charge < -0.3 is 10.6 Å². The van der Waals surface area contributed by atoms with E-state index in [9.17, 15) is 17.6 Å². The van der Waals surface area contributed by atoms with Crippen molar-refractivity contribution in [1.82, 2.24) is 19.9 Å². The minimum Gasteiger partial charge on any atom is -0.350 e. The maximum atomic E-state index is 14.9. The van der Waals surface area contributed by atoms with Crippen LogP contribution in [0.15, 0.2) is 65.6 Å². The number of hydrogen-bond acceptors (Lipinski definition) is 7. The molecule has 1 fully saturated rings. The van der Waals surface area contributed by atoms with E-state index >= 15 is 0 Å². The average molecular weight is 585 g/mol. The van der Waals surface area contributed by atoms with Gasteiger partial charge in [-0.1, -0.05) is 36.4 Å². The SMILES string of the molecule is CC(C)n1c(=O)c(-c2ccc(F)c(N(Cl)S(=O)(=O)Cc3ccccc3)c2)cc2cnc(N[C@H]3CCCNC3)nc21. The molecule has 0 unspecified atom stereocenters. The number of piperidine rings is 1. The lowest BCUT2D eigenvalue weighted by Gasteiger charge is -2.24. The number of fused-ring (bicyclic) bond motifs is 1. The minimum atomic E-state index is -4.13. The summed E-state index contributed by atoms with van der Waals surface area (Å²) in [6, 6.07) is 13.9. The van der Waals surface area contributed by atoms with E-state index in [1.54, 1.807) is 47.2 Å². The molecule has 2 N–H and O–H groups in total. The maximum absolute atomic E-state index is 14.9. The van der Waals surface area contributed by atoms with E-state index in [4.69, 9.17) is 11.8 Å². The number of sulfonamides is 1. The van der Waals surface area contributed by atoms with Gasteiger partial charge in [0.15, 0.2) is 0 Å². The van der Waals surface area contributed by atoms with Crippen molar-refractivity contribution in [1.29, 1.82) is 0 Å². The number of nitrogens with zero attached hydrogens (tertiary/aromatic N) is 4. The zero-order valence-electron chi connectivity index (χ0n) is 22.1. The lowest BCUT2D eigenvalue weighted by molar-refractivity contribution is 0.478. The van der Waals surface area contributed by atoms with E-state index in [0.717, 1.165) is 32.0 Å². The predicted molar refractivity (Wildman–Crippen MR) is 156 cm³/mol. The zero-order valence-corrected chi connectivity index (χ0v) is 23.7. The third kappa shape index (κ3) is 5.81. The number of pyridine rings is 1. The van der Waals surface area contributed by atoms with Crippen LogP contribution in [0.4, 0.5) is 16.0 Å². The molecule has 0 spiro atoms. The van der Waals surface area contributed by atoms with Crippen LogP contribution in [0.2, 0.25) is 0 Å². The largest absolute Gasteiger partial charge is 0.350 e. The summed E-state index contributed by atoms with van der Waals surface area (Å²) in [5.41, 5.74) is 0.812. The molecule has 1 aliphatic heterocycles. The van der Waals surface area contributed by atoms with Crippen molar-refractivity contribution >= 4 is 44.5 Å². The predicted octanol–water partition coefficient (Wildman–Crippen LogP) is 4.83. The summed E-state index contributed by atoms with van der Waals surface area (Å²) < 4.78 is 42.9. The van der Waals surface area contributed by atoms with E-state index < -0.39 is 21.6 Å². The van der Waals surface area contributed by atoms with Gasteiger partial charge in [0.2, 0.25) is 5.95 Å². The highest BCUT2D eigenvalue weighted by Crippen LogP contribution is 2.31. The van der Waals surface area contributed by atoms with Crippen molar-refractivity contribution in [3.8, 4) is 11.1 Å². The summed E-state index contributed by atoms with van der Waals surface area (Å²) in [6.45, 7) is 5.54. The normalized spacial score (nSPS) is 15.9. The fourth-order valence-electron chi connectivity index (χ4n) is 4.84. The van der Waals surface area contributed by atoms with E-state index in [1.165, 1.54) is 12.1 Å². The summed E-state index contributed by atoms with van der Waals surface area (Å²) in [6.07, 6.45) is 3.69. The maximum Gasteiger partial charge on any atom is 0.260 e. The Kier molecular flexibility index (Phi) is 8.07. The topological polar surface area (TPSA) is 109 Å². The summed E-state index contributed by atoms with van der Waals surface area (Å²) in [4.78, 5) is 22.9. The Morgan fingerprint density at radius 3 is 2.67 bits per heavy atom. The first-order chi connectivity index (χ1) is 19.1. The van der Waals surface area contributed by atoms with Crippen LogP contribution in [0.1, 0.15) is 38.3 Å². The Morgan fingerprint density at radius 1 is 1.20 bits per heavy atom. The molecule has 1 atom stereocenters. The number of anilines is 2. The van der Waals surface area contributed by atoms with Gasteiger partial charge in [0, 0.05) is 47.6 Å². The number of aromatic nitrogens is 3. The van der Waals surface area contributed by atoms with Crippen molar-refractivity contribution in [3.05, 3.63) is 82.5 Å². The first-order valence-corrected chi connectivity index (χ1v) is 15.0. The average Bonchev–Trinajstić information content (AvgIpc) is 2.93. The molecule has 1 saturated heterocycles. The zero-order chi connectivity index (χ0) is 28.4. The number of halogens is 2. The molecule has 0 amide bonds. The molecule has 0 radical (unpaired) electrons. The van der Waals surface area contributed by atoms with Crippen LogP contribution in [0, 0.1) is 5.82 Å². The Morgan fingerprint density at radius 2 is 1.98 bits per heavy atom. The summed E-state index contributed by atoms with van der Waals surface area (Å²) >= 11 is 6.22. The summed E-state index contributed by atoms with van der Waals surface area (Å²) in [5, 5.41) is 7.30. The van der Waals surface area contributed by atoms with Gasteiger partial charge in [-0.05, 0) is 62.6 Å². The van der Waals surface area contributed by atoms with Crippen molar-refractivity contribution < 1.29 is 12.8 Å². The molecule has 210 valence electrons. The van der Waals surface area contributed by atoms with Gasteiger partial charge in [-0.15, -0.1) is 0 Å². The lowest BCUT2D eigenvalue weighted by Crippen LogP contribution is -2.38. The van der Waals surface area contributed by atoms with Crippen molar-refractivity contribution in [2.24, 2.45) is 0 Å². The third-order valence-corrected chi connectivity index (χ3v) is 9.00. The van der Waals surface area contributed by atoms with Crippen LogP contribution in [0.25, 0.3) is 22.2 Å². The number of nitrogens with one attached hydrogen (secondary N) is 2. The first-order valence-electron chi connectivity index (χ1n) is 13.1. The monoisotopic (exact) mass is 584 g/mol. The van der Waals surface area contributed by atoms with Gasteiger partial charge in [0.1, 0.15) is 17.2 Å². The van der Waals surface area contributed by atoms with E-state index in [2.05, 4.69) is 20.6 Å². The smallest absolute Gasteiger partial charge is 0.260 e. The Hall–Kier alpha value is -3.54. The van der Waals surface area contributed by atoms with Gasteiger partial charge in [-0.2, -0.15) is 8.81 Å².